The van der Waals surface area contributed by atoms with Crippen LogP contribution in [-0.4, -0.2) is 49.1 Å². The lowest BCUT2D eigenvalue weighted by molar-refractivity contribution is -0.159. The van der Waals surface area contributed by atoms with Crippen molar-refractivity contribution >= 4 is 17.5 Å². The Morgan fingerprint density at radius 1 is 1.38 bits per heavy atom. The third-order valence-corrected chi connectivity index (χ3v) is 3.34. The van der Waals surface area contributed by atoms with Crippen LogP contribution in [0.15, 0.2) is 24.3 Å². The van der Waals surface area contributed by atoms with Crippen molar-refractivity contribution in [3.63, 3.8) is 0 Å². The summed E-state index contributed by atoms with van der Waals surface area (Å²) in [5, 5.41) is 8.58. The first-order valence-electron chi connectivity index (χ1n) is 7.05. The second-order valence-electron chi connectivity index (χ2n) is 5.07. The topological polar surface area (TPSA) is 73.6 Å². The fourth-order valence-corrected chi connectivity index (χ4v) is 2.30. The maximum absolute atomic E-state index is 12.5. The highest BCUT2D eigenvalue weighted by atomic mass is 19.4. The summed E-state index contributed by atoms with van der Waals surface area (Å²) in [4.78, 5) is 25.6. The maximum atomic E-state index is 12.5. The summed E-state index contributed by atoms with van der Waals surface area (Å²) in [7, 11) is 0. The molecule has 0 N–H and O–H groups in total. The number of carbonyl (C=O) groups is 2. The largest absolute Gasteiger partial charge is 0.482 e. The first kappa shape index (κ1) is 17.6. The molecule has 0 saturated heterocycles. The minimum Gasteiger partial charge on any atom is -0.482 e. The fourth-order valence-electron chi connectivity index (χ4n) is 2.30. The van der Waals surface area contributed by atoms with Crippen LogP contribution in [0, 0.1) is 11.3 Å². The third-order valence-electron chi connectivity index (χ3n) is 3.34. The van der Waals surface area contributed by atoms with Gasteiger partial charge in [-0.05, 0) is 12.1 Å². The summed E-state index contributed by atoms with van der Waals surface area (Å²) in [5.74, 6) is -0.761. The fraction of sp³-hybridized carbons (Fsp3) is 0.400. The number of hydrogen-bond acceptors (Lipinski definition) is 4. The predicted molar refractivity (Wildman–Crippen MR) is 77.2 cm³/mol. The quantitative estimate of drug-likeness (QED) is 0.765. The van der Waals surface area contributed by atoms with E-state index in [1.807, 2.05) is 0 Å². The van der Waals surface area contributed by atoms with Crippen molar-refractivity contribution < 1.29 is 27.5 Å². The van der Waals surface area contributed by atoms with Crippen molar-refractivity contribution in [1.29, 1.82) is 5.26 Å². The lowest BCUT2D eigenvalue weighted by Crippen LogP contribution is -2.43. The summed E-state index contributed by atoms with van der Waals surface area (Å²) >= 11 is 0. The summed E-state index contributed by atoms with van der Waals surface area (Å²) < 4.78 is 42.6. The Balaban J connectivity index is 2.05. The molecule has 9 heteroatoms. The van der Waals surface area contributed by atoms with E-state index >= 15 is 0 Å². The molecule has 0 saturated carbocycles. The van der Waals surface area contributed by atoms with Crippen LogP contribution in [0.25, 0.3) is 0 Å². The highest BCUT2D eigenvalue weighted by Crippen LogP contribution is 2.31. The molecule has 0 radical (unpaired) electrons. The van der Waals surface area contributed by atoms with Crippen LogP contribution >= 0.6 is 0 Å². The number of nitrogens with zero attached hydrogens (tertiary/aromatic N) is 3. The van der Waals surface area contributed by atoms with Gasteiger partial charge < -0.3 is 14.5 Å². The van der Waals surface area contributed by atoms with Crippen LogP contribution in [-0.2, 0) is 9.59 Å². The molecule has 0 aliphatic carbocycles. The number of rotatable bonds is 5. The molecule has 0 unspecified atom stereocenters. The summed E-state index contributed by atoms with van der Waals surface area (Å²) in [6.45, 7) is -2.44. The Hall–Kier alpha value is -2.76. The van der Waals surface area contributed by atoms with Crippen molar-refractivity contribution in [2.24, 2.45) is 0 Å². The molecule has 0 atom stereocenters. The van der Waals surface area contributed by atoms with Gasteiger partial charge in [0.25, 0.3) is 5.91 Å². The van der Waals surface area contributed by atoms with Crippen LogP contribution in [0.4, 0.5) is 18.9 Å². The number of carbonyl (C=O) groups excluding carboxylic acids is 2. The third kappa shape index (κ3) is 4.38. The molecule has 1 aliphatic rings. The van der Waals surface area contributed by atoms with Crippen LogP contribution < -0.4 is 9.64 Å². The van der Waals surface area contributed by atoms with Crippen molar-refractivity contribution in [2.45, 2.75) is 12.6 Å². The van der Waals surface area contributed by atoms with Crippen molar-refractivity contribution in [3.8, 4) is 11.8 Å². The zero-order chi connectivity index (χ0) is 17.7. The standard InChI is InChI=1S/C15H14F3N3O3/c16-15(17,18)10-20(8-6-19)13(22)5-7-21-11-3-1-2-4-12(11)24-9-14(21)23/h1-4H,5,7-10H2. The molecule has 0 aromatic heterocycles. The van der Waals surface area contributed by atoms with Gasteiger partial charge in [0.05, 0.1) is 11.8 Å². The van der Waals surface area contributed by atoms with Gasteiger partial charge in [-0.2, -0.15) is 18.4 Å². The minimum absolute atomic E-state index is 0.0855. The zero-order valence-electron chi connectivity index (χ0n) is 12.5. The Bertz CT molecular complexity index is 670. The lowest BCUT2D eigenvalue weighted by Gasteiger charge is -2.30. The van der Waals surface area contributed by atoms with E-state index in [4.69, 9.17) is 10.00 Å². The van der Waals surface area contributed by atoms with Gasteiger partial charge in [-0.1, -0.05) is 12.1 Å². The molecule has 2 rings (SSSR count). The molecule has 1 heterocycles. The van der Waals surface area contributed by atoms with Gasteiger partial charge in [0.15, 0.2) is 6.61 Å². The normalized spacial score (nSPS) is 13.8. The minimum atomic E-state index is -4.59. The summed E-state index contributed by atoms with van der Waals surface area (Å²) in [6.07, 6.45) is -4.91. The average Bonchev–Trinajstić information content (AvgIpc) is 2.52. The number of hydrogen-bond donors (Lipinski definition) is 0. The molecule has 1 aromatic carbocycles. The Labute approximate surface area is 136 Å². The number of benzene rings is 1. The molecule has 0 spiro atoms. The molecule has 1 aromatic rings. The van der Waals surface area contributed by atoms with Gasteiger partial charge in [0, 0.05) is 13.0 Å². The molecular weight excluding hydrogens is 327 g/mol. The van der Waals surface area contributed by atoms with Crippen molar-refractivity contribution in [3.05, 3.63) is 24.3 Å². The average molecular weight is 341 g/mol. The number of amides is 2. The second kappa shape index (κ2) is 7.21. The summed E-state index contributed by atoms with van der Waals surface area (Å²) in [5.41, 5.74) is 0.462. The van der Waals surface area contributed by atoms with E-state index in [0.717, 1.165) is 0 Å². The first-order chi connectivity index (χ1) is 11.3. The number of alkyl halides is 3. The Morgan fingerprint density at radius 3 is 2.75 bits per heavy atom. The van der Waals surface area contributed by atoms with Gasteiger partial charge in [-0.15, -0.1) is 0 Å². The van der Waals surface area contributed by atoms with E-state index in [1.165, 1.54) is 11.0 Å². The van der Waals surface area contributed by atoms with Gasteiger partial charge in [0.2, 0.25) is 5.91 Å². The van der Waals surface area contributed by atoms with E-state index in [-0.39, 0.29) is 25.5 Å². The Morgan fingerprint density at radius 2 is 2.08 bits per heavy atom. The molecule has 128 valence electrons. The van der Waals surface area contributed by atoms with Gasteiger partial charge in [0.1, 0.15) is 18.8 Å². The number of para-hydroxylation sites is 2. The van der Waals surface area contributed by atoms with E-state index in [2.05, 4.69) is 0 Å². The monoisotopic (exact) mass is 341 g/mol. The van der Waals surface area contributed by atoms with Crippen LogP contribution in [0.2, 0.25) is 0 Å². The summed E-state index contributed by atoms with van der Waals surface area (Å²) in [6, 6.07) is 8.22. The van der Waals surface area contributed by atoms with Crippen molar-refractivity contribution in [2.75, 3.05) is 31.1 Å². The number of halogens is 3. The van der Waals surface area contributed by atoms with E-state index in [9.17, 15) is 22.8 Å². The number of fused-ring (bicyclic) bond motifs is 1. The molecule has 0 fully saturated rings. The first-order valence-corrected chi connectivity index (χ1v) is 7.05. The number of nitriles is 1. The van der Waals surface area contributed by atoms with E-state index < -0.39 is 25.2 Å². The number of ether oxygens (including phenoxy) is 1. The highest BCUT2D eigenvalue weighted by Gasteiger charge is 2.33. The van der Waals surface area contributed by atoms with E-state index in [1.54, 1.807) is 24.3 Å². The molecule has 24 heavy (non-hydrogen) atoms. The van der Waals surface area contributed by atoms with Gasteiger partial charge in [-0.25, -0.2) is 0 Å². The number of anilines is 1. The molecular formula is C15H14F3N3O3. The van der Waals surface area contributed by atoms with Crippen molar-refractivity contribution in [1.82, 2.24) is 4.90 Å². The van der Waals surface area contributed by atoms with Crippen LogP contribution in [0.3, 0.4) is 0 Å². The van der Waals surface area contributed by atoms with Crippen LogP contribution in [0.1, 0.15) is 6.42 Å². The van der Waals surface area contributed by atoms with Crippen LogP contribution in [0.5, 0.6) is 5.75 Å². The van der Waals surface area contributed by atoms with Gasteiger partial charge in [-0.3, -0.25) is 9.59 Å². The van der Waals surface area contributed by atoms with Gasteiger partial charge >= 0.3 is 6.18 Å². The lowest BCUT2D eigenvalue weighted by atomic mass is 10.2. The highest BCUT2D eigenvalue weighted by molar-refractivity contribution is 5.98. The van der Waals surface area contributed by atoms with E-state index in [0.29, 0.717) is 16.3 Å². The maximum Gasteiger partial charge on any atom is 0.406 e. The smallest absolute Gasteiger partial charge is 0.406 e. The predicted octanol–water partition coefficient (Wildman–Crippen LogP) is 1.72. The SMILES string of the molecule is N#CCN(CC(F)(F)F)C(=O)CCN1C(=O)COc2ccccc21. The molecule has 2 amide bonds. The zero-order valence-corrected chi connectivity index (χ0v) is 12.5. The second-order valence-corrected chi connectivity index (χ2v) is 5.07. The molecule has 1 aliphatic heterocycles. The Kier molecular flexibility index (Phi) is 5.28. The molecule has 0 bridgehead atoms. The molecule has 6 nitrogen and oxygen atoms in total.